The maximum atomic E-state index is 12.2. The van der Waals surface area contributed by atoms with Crippen LogP contribution < -0.4 is 0 Å². The molecule has 6 heteroatoms. The smallest absolute Gasteiger partial charge is 0.349 e. The Labute approximate surface area is 149 Å². The van der Waals surface area contributed by atoms with Crippen molar-refractivity contribution >= 4 is 18.0 Å². The molecule has 0 unspecified atom stereocenters. The lowest BCUT2D eigenvalue weighted by atomic mass is 10.1. The Bertz CT molecular complexity index is 721. The van der Waals surface area contributed by atoms with E-state index < -0.39 is 12.1 Å². The number of nitriles is 1. The minimum Gasteiger partial charge on any atom is -0.448 e. The third-order valence-corrected chi connectivity index (χ3v) is 3.87. The largest absolute Gasteiger partial charge is 0.448 e. The molecular formula is C19H27N3O3. The van der Waals surface area contributed by atoms with E-state index in [9.17, 15) is 14.9 Å². The van der Waals surface area contributed by atoms with Crippen LogP contribution in [-0.2, 0) is 20.9 Å². The first-order chi connectivity index (χ1) is 11.6. The number of hydrogen-bond acceptors (Lipinski definition) is 4. The quantitative estimate of drug-likeness (QED) is 0.451. The number of carbonyl (C=O) groups is 2. The number of likely N-dealkylation sites (N-methyl/N-ethyl adjacent to an activating group) is 1. The highest BCUT2D eigenvalue weighted by molar-refractivity contribution is 5.99. The van der Waals surface area contributed by atoms with Crippen molar-refractivity contribution in [1.29, 1.82) is 5.26 Å². The van der Waals surface area contributed by atoms with Crippen molar-refractivity contribution in [1.82, 2.24) is 9.47 Å². The summed E-state index contributed by atoms with van der Waals surface area (Å²) in [5, 5.41) is 9.31. The average Bonchev–Trinajstić information content (AvgIpc) is 2.78. The molecule has 0 N–H and O–H groups in total. The SMILES string of the molecule is Cc1cc(/C=C(\C#N)C(=O)O[C@@H](C)C(=O)N(C)C)c(C)n1CC(C)C. The lowest BCUT2D eigenvalue weighted by Crippen LogP contribution is -2.35. The summed E-state index contributed by atoms with van der Waals surface area (Å²) in [5.41, 5.74) is 2.74. The van der Waals surface area contributed by atoms with Gasteiger partial charge in [0.05, 0.1) is 0 Å². The molecule has 0 aliphatic carbocycles. The van der Waals surface area contributed by atoms with Crippen molar-refractivity contribution in [2.24, 2.45) is 5.92 Å². The molecule has 1 atom stereocenters. The zero-order valence-corrected chi connectivity index (χ0v) is 16.1. The molecule has 136 valence electrons. The fraction of sp³-hybridized carbons (Fsp3) is 0.526. The number of rotatable bonds is 6. The van der Waals surface area contributed by atoms with Gasteiger partial charge < -0.3 is 14.2 Å². The Hall–Kier alpha value is -2.55. The number of esters is 1. The summed E-state index contributed by atoms with van der Waals surface area (Å²) in [6.45, 7) is 10.6. The van der Waals surface area contributed by atoms with Crippen LogP contribution in [0.3, 0.4) is 0 Å². The predicted octanol–water partition coefficient (Wildman–Crippen LogP) is 2.69. The van der Waals surface area contributed by atoms with Crippen molar-refractivity contribution in [3.05, 3.63) is 28.6 Å². The maximum absolute atomic E-state index is 12.2. The molecule has 1 heterocycles. The maximum Gasteiger partial charge on any atom is 0.349 e. The summed E-state index contributed by atoms with van der Waals surface area (Å²) in [6.07, 6.45) is 0.585. The van der Waals surface area contributed by atoms with Crippen LogP contribution in [0.15, 0.2) is 11.6 Å². The first-order valence-electron chi connectivity index (χ1n) is 8.29. The van der Waals surface area contributed by atoms with Gasteiger partial charge in [-0.25, -0.2) is 4.79 Å². The van der Waals surface area contributed by atoms with Gasteiger partial charge in [-0.15, -0.1) is 0 Å². The van der Waals surface area contributed by atoms with Crippen LogP contribution in [0.2, 0.25) is 0 Å². The molecule has 0 spiro atoms. The molecule has 1 aromatic rings. The summed E-state index contributed by atoms with van der Waals surface area (Å²) in [4.78, 5) is 25.3. The fourth-order valence-electron chi connectivity index (χ4n) is 2.55. The summed E-state index contributed by atoms with van der Waals surface area (Å²) in [7, 11) is 3.16. The van der Waals surface area contributed by atoms with E-state index in [4.69, 9.17) is 4.74 Å². The van der Waals surface area contributed by atoms with Crippen molar-refractivity contribution in [3.8, 4) is 6.07 Å². The second-order valence-electron chi connectivity index (χ2n) is 6.78. The Morgan fingerprint density at radius 1 is 1.32 bits per heavy atom. The lowest BCUT2D eigenvalue weighted by Gasteiger charge is -2.16. The standard InChI is InChI=1S/C19H27N3O3/c1-12(2)11-22-13(3)8-16(14(22)4)9-17(10-20)19(24)25-15(5)18(23)21(6)7/h8-9,12,15H,11H2,1-7H3/b17-9+/t15-/m0/s1. The number of aryl methyl sites for hydroxylation is 1. The van der Waals surface area contributed by atoms with Crippen LogP contribution >= 0.6 is 0 Å². The van der Waals surface area contributed by atoms with Gasteiger partial charge in [0.1, 0.15) is 11.6 Å². The van der Waals surface area contributed by atoms with E-state index in [0.29, 0.717) is 5.92 Å². The molecule has 1 aromatic heterocycles. The van der Waals surface area contributed by atoms with Gasteiger partial charge >= 0.3 is 5.97 Å². The summed E-state index contributed by atoms with van der Waals surface area (Å²) in [5.74, 6) is -0.639. The second kappa shape index (κ2) is 8.52. The minimum absolute atomic E-state index is 0.122. The Balaban J connectivity index is 3.06. The monoisotopic (exact) mass is 345 g/mol. The highest BCUT2D eigenvalue weighted by Gasteiger charge is 2.22. The highest BCUT2D eigenvalue weighted by Crippen LogP contribution is 2.20. The highest BCUT2D eigenvalue weighted by atomic mass is 16.5. The molecule has 0 aliphatic heterocycles. The summed E-state index contributed by atoms with van der Waals surface area (Å²) in [6, 6.07) is 3.81. The second-order valence-corrected chi connectivity index (χ2v) is 6.78. The number of nitrogens with zero attached hydrogens (tertiary/aromatic N) is 3. The Morgan fingerprint density at radius 2 is 1.92 bits per heavy atom. The van der Waals surface area contributed by atoms with E-state index >= 15 is 0 Å². The minimum atomic E-state index is -0.937. The molecule has 0 fully saturated rings. The van der Waals surface area contributed by atoms with Crippen LogP contribution in [0.5, 0.6) is 0 Å². The molecule has 0 bridgehead atoms. The van der Waals surface area contributed by atoms with Crippen LogP contribution in [0.1, 0.15) is 37.7 Å². The van der Waals surface area contributed by atoms with Crippen molar-refractivity contribution in [3.63, 3.8) is 0 Å². The molecule has 0 aliphatic rings. The Morgan fingerprint density at radius 3 is 2.40 bits per heavy atom. The van der Waals surface area contributed by atoms with Crippen LogP contribution in [-0.4, -0.2) is 41.5 Å². The summed E-state index contributed by atoms with van der Waals surface area (Å²) >= 11 is 0. The summed E-state index contributed by atoms with van der Waals surface area (Å²) < 4.78 is 7.27. The van der Waals surface area contributed by atoms with Gasteiger partial charge in [-0.2, -0.15) is 5.26 Å². The van der Waals surface area contributed by atoms with E-state index in [1.165, 1.54) is 17.9 Å². The fourth-order valence-corrected chi connectivity index (χ4v) is 2.55. The van der Waals surface area contributed by atoms with Gasteiger partial charge in [-0.3, -0.25) is 4.79 Å². The number of amides is 1. The predicted molar refractivity (Wildman–Crippen MR) is 96.6 cm³/mol. The number of aromatic nitrogens is 1. The first-order valence-corrected chi connectivity index (χ1v) is 8.29. The Kier molecular flexibility index (Phi) is 6.98. The van der Waals surface area contributed by atoms with Gasteiger partial charge in [0.2, 0.25) is 0 Å². The normalized spacial score (nSPS) is 12.7. The number of carbonyl (C=O) groups excluding carboxylic acids is 2. The van der Waals surface area contributed by atoms with E-state index in [2.05, 4.69) is 18.4 Å². The molecule has 0 radical (unpaired) electrons. The molecule has 0 saturated carbocycles. The van der Waals surface area contributed by atoms with E-state index in [1.807, 2.05) is 26.0 Å². The van der Waals surface area contributed by atoms with E-state index in [0.717, 1.165) is 23.5 Å². The molecule has 0 saturated heterocycles. The molecular weight excluding hydrogens is 318 g/mol. The van der Waals surface area contributed by atoms with Crippen molar-refractivity contribution in [2.45, 2.75) is 47.3 Å². The third-order valence-electron chi connectivity index (χ3n) is 3.87. The lowest BCUT2D eigenvalue weighted by molar-refractivity contribution is -0.154. The van der Waals surface area contributed by atoms with Gasteiger partial charge in [-0.1, -0.05) is 13.8 Å². The van der Waals surface area contributed by atoms with Crippen molar-refractivity contribution < 1.29 is 14.3 Å². The van der Waals surface area contributed by atoms with Crippen LogP contribution in [0.4, 0.5) is 0 Å². The first kappa shape index (κ1) is 20.5. The van der Waals surface area contributed by atoms with E-state index in [1.54, 1.807) is 14.1 Å². The van der Waals surface area contributed by atoms with Gasteiger partial charge in [0, 0.05) is 32.0 Å². The molecule has 0 aromatic carbocycles. The van der Waals surface area contributed by atoms with Gasteiger partial charge in [0.15, 0.2) is 6.10 Å². The molecule has 6 nitrogen and oxygen atoms in total. The van der Waals surface area contributed by atoms with Crippen molar-refractivity contribution in [2.75, 3.05) is 14.1 Å². The van der Waals surface area contributed by atoms with Crippen LogP contribution in [0.25, 0.3) is 6.08 Å². The topological polar surface area (TPSA) is 75.3 Å². The zero-order valence-electron chi connectivity index (χ0n) is 16.1. The van der Waals surface area contributed by atoms with Gasteiger partial charge in [-0.05, 0) is 44.4 Å². The van der Waals surface area contributed by atoms with Gasteiger partial charge in [0.25, 0.3) is 5.91 Å². The molecule has 25 heavy (non-hydrogen) atoms. The molecule has 1 rings (SSSR count). The number of hydrogen-bond donors (Lipinski definition) is 0. The van der Waals surface area contributed by atoms with E-state index in [-0.39, 0.29) is 11.5 Å². The zero-order chi connectivity index (χ0) is 19.3. The molecule has 1 amide bonds. The van der Waals surface area contributed by atoms with Crippen LogP contribution in [0, 0.1) is 31.1 Å². The number of ether oxygens (including phenoxy) is 1. The average molecular weight is 345 g/mol. The third kappa shape index (κ3) is 5.21.